The van der Waals surface area contributed by atoms with Crippen molar-refractivity contribution in [1.29, 1.82) is 0 Å². The van der Waals surface area contributed by atoms with E-state index in [-0.39, 0.29) is 27.5 Å². The lowest BCUT2D eigenvalue weighted by Gasteiger charge is -2.13. The molecular formula is C54H34N2O. The maximum atomic E-state index is 10.2. The molecule has 0 saturated carbocycles. The molecule has 9 aromatic carbocycles. The Bertz CT molecular complexity index is 4940. The van der Waals surface area contributed by atoms with Crippen LogP contribution in [-0.2, 0) is 0 Å². The Labute approximate surface area is 364 Å². The van der Waals surface area contributed by atoms with Gasteiger partial charge < -0.3 is 13.6 Å². The lowest BCUT2D eigenvalue weighted by molar-refractivity contribution is 0.669. The third kappa shape index (κ3) is 4.92. The van der Waals surface area contributed by atoms with Gasteiger partial charge in [-0.3, -0.25) is 0 Å². The van der Waals surface area contributed by atoms with Crippen LogP contribution in [0.25, 0.3) is 110 Å². The molecule has 12 aromatic rings. The van der Waals surface area contributed by atoms with Gasteiger partial charge in [0.2, 0.25) is 0 Å². The largest absolute Gasteiger partial charge is 0.456 e. The molecule has 57 heavy (non-hydrogen) atoms. The highest BCUT2D eigenvalue weighted by Gasteiger charge is 2.19. The molecule has 0 aliphatic carbocycles. The Morgan fingerprint density at radius 1 is 0.351 bits per heavy atom. The monoisotopic (exact) mass is 751 g/mol. The third-order valence-electron chi connectivity index (χ3n) is 9.82. The van der Waals surface area contributed by atoms with Gasteiger partial charge >= 0.3 is 0 Å². The second-order valence-electron chi connectivity index (χ2n) is 13.0. The number of rotatable bonds is 5. The van der Waals surface area contributed by atoms with Gasteiger partial charge in [0, 0.05) is 49.3 Å². The van der Waals surface area contributed by atoms with E-state index in [1.165, 1.54) is 4.57 Å². The molecule has 3 nitrogen and oxygen atoms in total. The first-order valence-corrected chi connectivity index (χ1v) is 17.5. The minimum atomic E-state index is -0.919. The molecule has 0 aliphatic rings. The summed E-state index contributed by atoms with van der Waals surface area (Å²) in [5.41, 5.74) is -4.30. The number of furan rings is 1. The Morgan fingerprint density at radius 2 is 0.965 bits per heavy atom. The van der Waals surface area contributed by atoms with Gasteiger partial charge in [0.05, 0.1) is 56.3 Å². The van der Waals surface area contributed by atoms with Crippen LogP contribution in [0.1, 0.15) is 34.3 Å². The number of hydrogen-bond donors (Lipinski definition) is 0. The summed E-state index contributed by atoms with van der Waals surface area (Å²) in [6.07, 6.45) is 0. The molecule has 3 aromatic heterocycles. The van der Waals surface area contributed by atoms with Crippen LogP contribution in [0.15, 0.2) is 210 Å². The fraction of sp³-hybridized carbons (Fsp3) is 0. The van der Waals surface area contributed by atoms with Gasteiger partial charge in [0.15, 0.2) is 0 Å². The van der Waals surface area contributed by atoms with Crippen molar-refractivity contribution in [1.82, 2.24) is 9.13 Å². The van der Waals surface area contributed by atoms with Crippen LogP contribution >= 0.6 is 0 Å². The van der Waals surface area contributed by atoms with Gasteiger partial charge in [-0.05, 0) is 94.3 Å². The van der Waals surface area contributed by atoms with Crippen molar-refractivity contribution in [3.8, 4) is 44.8 Å². The highest BCUT2D eigenvalue weighted by Crippen LogP contribution is 2.42. The highest BCUT2D eigenvalue weighted by molar-refractivity contribution is 6.16. The SMILES string of the molecule is [2H]c1c([2H])c([2H])c(-c2c([2H])c([2H])c3oc4c([2H])c([2H])c(-n5c6c([2H])c([2H])c([2H])c([2H])c6c6c([2H])c(-c7c([2H])c([2H])c([2H])c8c9c([2H])c([2H])c([2H])c([2H])c9n(-c9ccc(-c%10ccccc%10)cc9)c78)c([2H])c([2H])c65)c([2H])c4c3c2[2H])c([2H])c1[2H]. The van der Waals surface area contributed by atoms with Crippen molar-refractivity contribution >= 4 is 65.6 Å². The fourth-order valence-electron chi connectivity index (χ4n) is 7.30. The Balaban J connectivity index is 1.25. The number of para-hydroxylation sites is 3. The molecule has 0 atom stereocenters. The van der Waals surface area contributed by atoms with E-state index >= 15 is 0 Å². The fourth-order valence-corrected chi connectivity index (χ4v) is 7.30. The van der Waals surface area contributed by atoms with E-state index in [9.17, 15) is 19.2 Å². The van der Waals surface area contributed by atoms with Crippen molar-refractivity contribution in [2.75, 3.05) is 0 Å². The molecular weight excluding hydrogens is 693 g/mol. The highest BCUT2D eigenvalue weighted by atomic mass is 16.3. The second kappa shape index (κ2) is 12.5. The molecule has 0 amide bonds. The number of nitrogens with zero attached hydrogens (tertiary/aromatic N) is 2. The van der Waals surface area contributed by atoms with Gasteiger partial charge in [-0.2, -0.15) is 0 Å². The molecule has 266 valence electrons. The van der Waals surface area contributed by atoms with Crippen LogP contribution in [0.4, 0.5) is 0 Å². The number of aromatic nitrogens is 2. The molecule has 0 spiro atoms. The van der Waals surface area contributed by atoms with Gasteiger partial charge in [-0.1, -0.05) is 139 Å². The van der Waals surface area contributed by atoms with Crippen LogP contribution in [0.3, 0.4) is 0 Å². The van der Waals surface area contributed by atoms with E-state index in [4.69, 9.17) is 19.5 Å². The predicted octanol–water partition coefficient (Wildman–Crippen LogP) is 14.8. The lowest BCUT2D eigenvalue weighted by atomic mass is 9.99. The standard InChI is InChI=1S/C54H34N2O/c1-3-12-35(13-4-1)37-22-26-40(27-23-37)56-50-21-10-7-16-43(50)45-19-11-18-42(54(45)56)39-24-29-51-46(33-39)44-17-8-9-20-49(44)55(51)41-28-31-53-48(34-41)47-32-38(25-30-52(47)57-53)36-14-5-2-6-15-36/h1-34H/i2D,5D,6D,7D,8D,9D,10D,11D,14D,15D,16D,17D,18D,19D,20D,21D,24D,25D,28D,29D,30D,31D,32D,33D,34D. The zero-order valence-electron chi connectivity index (χ0n) is 54.0. The van der Waals surface area contributed by atoms with E-state index in [0.717, 1.165) is 15.7 Å². The van der Waals surface area contributed by atoms with Crippen molar-refractivity contribution < 1.29 is 38.7 Å². The van der Waals surface area contributed by atoms with E-state index < -0.39 is 223 Å². The van der Waals surface area contributed by atoms with Crippen molar-refractivity contribution in [2.45, 2.75) is 0 Å². The molecule has 0 fully saturated rings. The Morgan fingerprint density at radius 3 is 1.77 bits per heavy atom. The molecule has 0 unspecified atom stereocenters. The minimum Gasteiger partial charge on any atom is -0.456 e. The molecule has 0 aliphatic heterocycles. The third-order valence-corrected chi connectivity index (χ3v) is 9.82. The maximum Gasteiger partial charge on any atom is 0.135 e. The summed E-state index contributed by atoms with van der Waals surface area (Å²) >= 11 is 0. The summed E-state index contributed by atoms with van der Waals surface area (Å²) in [6, 6.07) is -4.33. The summed E-state index contributed by atoms with van der Waals surface area (Å²) in [7, 11) is 0. The molecule has 0 N–H and O–H groups in total. The van der Waals surface area contributed by atoms with Crippen molar-refractivity contribution in [3.63, 3.8) is 0 Å². The van der Waals surface area contributed by atoms with Gasteiger partial charge in [-0.15, -0.1) is 0 Å². The van der Waals surface area contributed by atoms with Crippen molar-refractivity contribution in [2.24, 2.45) is 0 Å². The van der Waals surface area contributed by atoms with Gasteiger partial charge in [0.1, 0.15) is 11.2 Å². The molecule has 0 saturated heterocycles. The first-order valence-electron chi connectivity index (χ1n) is 30.0. The topological polar surface area (TPSA) is 23.0 Å². The van der Waals surface area contributed by atoms with Gasteiger partial charge in [-0.25, -0.2) is 0 Å². The quantitative estimate of drug-likeness (QED) is 0.172. The minimum absolute atomic E-state index is 0.200. The van der Waals surface area contributed by atoms with E-state index in [2.05, 4.69) is 0 Å². The average molecular weight is 752 g/mol. The first kappa shape index (κ1) is 15.9. The molecule has 3 heterocycles. The zero-order valence-corrected chi connectivity index (χ0v) is 29.0. The summed E-state index contributed by atoms with van der Waals surface area (Å²) in [5.74, 6) is 0. The number of hydrogen-bond acceptors (Lipinski definition) is 1. The van der Waals surface area contributed by atoms with Gasteiger partial charge in [0.25, 0.3) is 0 Å². The van der Waals surface area contributed by atoms with Crippen LogP contribution in [-0.4, -0.2) is 9.13 Å². The summed E-state index contributed by atoms with van der Waals surface area (Å²) in [5, 5.41) is -2.63. The average Bonchev–Trinajstić information content (AvgIpc) is 1.74. The lowest BCUT2D eigenvalue weighted by Crippen LogP contribution is -1.96. The van der Waals surface area contributed by atoms with E-state index in [1.807, 2.05) is 30.3 Å². The molecule has 12 rings (SSSR count). The van der Waals surface area contributed by atoms with Crippen LogP contribution in [0, 0.1) is 0 Å². The number of benzene rings is 9. The van der Waals surface area contributed by atoms with Crippen LogP contribution in [0.2, 0.25) is 0 Å². The Hall–Kier alpha value is -7.62. The van der Waals surface area contributed by atoms with Crippen LogP contribution < -0.4 is 0 Å². The molecule has 0 bridgehead atoms. The van der Waals surface area contributed by atoms with Crippen LogP contribution in [0.5, 0.6) is 0 Å². The zero-order chi connectivity index (χ0) is 59.2. The summed E-state index contributed by atoms with van der Waals surface area (Å²) in [4.78, 5) is 0. The summed E-state index contributed by atoms with van der Waals surface area (Å²) in [6.45, 7) is 0. The normalized spacial score (nSPS) is 18.0. The van der Waals surface area contributed by atoms with Crippen molar-refractivity contribution in [3.05, 3.63) is 206 Å². The molecule has 3 heteroatoms. The summed E-state index contributed by atoms with van der Waals surface area (Å²) < 4.78 is 237. The van der Waals surface area contributed by atoms with E-state index in [0.29, 0.717) is 0 Å². The number of fused-ring (bicyclic) bond motifs is 9. The second-order valence-corrected chi connectivity index (χ2v) is 13.0. The van der Waals surface area contributed by atoms with E-state index in [1.54, 1.807) is 24.3 Å². The maximum absolute atomic E-state index is 10.2. The predicted molar refractivity (Wildman–Crippen MR) is 239 cm³/mol. The first-order chi connectivity index (χ1) is 38.7. The Kier molecular flexibility index (Phi) is 3.46. The molecule has 0 radical (unpaired) electrons. The smallest absolute Gasteiger partial charge is 0.135 e.